The first kappa shape index (κ1) is 13.7. The average Bonchev–Trinajstić information content (AvgIpc) is 2.56. The number of carbonyl (C=O) groups excluding carboxylic acids is 2. The number of rotatable bonds is 2. The van der Waals surface area contributed by atoms with E-state index in [9.17, 15) is 9.59 Å². The molecular formula is C19H18O2. The van der Waals surface area contributed by atoms with Crippen LogP contribution in [0.5, 0.6) is 0 Å². The molecule has 2 nitrogen and oxygen atoms in total. The van der Waals surface area contributed by atoms with Gasteiger partial charge in [0.25, 0.3) is 0 Å². The minimum Gasteiger partial charge on any atom is -0.300 e. The quantitative estimate of drug-likeness (QED) is 0.843. The molecule has 0 saturated carbocycles. The van der Waals surface area contributed by atoms with Crippen molar-refractivity contribution >= 4 is 11.6 Å². The molecule has 0 radical (unpaired) electrons. The first-order chi connectivity index (χ1) is 10.0. The molecule has 0 aromatic heterocycles. The van der Waals surface area contributed by atoms with Gasteiger partial charge in [-0.3, -0.25) is 9.59 Å². The van der Waals surface area contributed by atoms with E-state index in [1.807, 2.05) is 31.2 Å². The van der Waals surface area contributed by atoms with E-state index in [2.05, 4.69) is 12.1 Å². The zero-order chi connectivity index (χ0) is 15.0. The van der Waals surface area contributed by atoms with Gasteiger partial charge in [0.1, 0.15) is 5.78 Å². The fraction of sp³-hybridized carbons (Fsp3) is 0.263. The van der Waals surface area contributed by atoms with Crippen molar-refractivity contribution in [1.82, 2.24) is 0 Å². The Balaban J connectivity index is 2.06. The molecule has 0 bridgehead atoms. The van der Waals surface area contributed by atoms with Crippen LogP contribution < -0.4 is 0 Å². The maximum Gasteiger partial charge on any atom is 0.193 e. The van der Waals surface area contributed by atoms with E-state index in [0.717, 1.165) is 46.2 Å². The zero-order valence-electron chi connectivity index (χ0n) is 12.4. The Morgan fingerprint density at radius 1 is 1.00 bits per heavy atom. The van der Waals surface area contributed by atoms with E-state index in [1.54, 1.807) is 6.92 Å². The van der Waals surface area contributed by atoms with Crippen LogP contribution in [0, 0.1) is 6.92 Å². The van der Waals surface area contributed by atoms with Crippen molar-refractivity contribution in [2.24, 2.45) is 0 Å². The summed E-state index contributed by atoms with van der Waals surface area (Å²) in [5, 5.41) is 0. The average molecular weight is 278 g/mol. The number of aryl methyl sites for hydroxylation is 3. The van der Waals surface area contributed by atoms with Crippen LogP contribution in [0.2, 0.25) is 0 Å². The largest absolute Gasteiger partial charge is 0.300 e. The van der Waals surface area contributed by atoms with Gasteiger partial charge in [-0.2, -0.15) is 0 Å². The molecule has 0 heterocycles. The summed E-state index contributed by atoms with van der Waals surface area (Å²) in [5.74, 6) is 0.254. The number of hydrogen-bond acceptors (Lipinski definition) is 2. The summed E-state index contributed by atoms with van der Waals surface area (Å²) in [4.78, 5) is 24.0. The minimum absolute atomic E-state index is 0.107. The lowest BCUT2D eigenvalue weighted by Gasteiger charge is -2.08. The molecule has 0 saturated heterocycles. The van der Waals surface area contributed by atoms with Gasteiger partial charge in [0, 0.05) is 17.5 Å². The molecule has 2 aromatic carbocycles. The Morgan fingerprint density at radius 2 is 1.76 bits per heavy atom. The maximum absolute atomic E-state index is 12.7. The van der Waals surface area contributed by atoms with E-state index in [0.29, 0.717) is 6.42 Å². The summed E-state index contributed by atoms with van der Waals surface area (Å²) >= 11 is 0. The standard InChI is InChI=1S/C19H18O2/c1-12-3-5-15-6-7-16-11-14(10-13(2)20)4-8-17(16)19(21)18(15)9-12/h3-5,8-9,11H,6-7,10H2,1-2H3. The lowest BCUT2D eigenvalue weighted by Crippen LogP contribution is -2.06. The van der Waals surface area contributed by atoms with Gasteiger partial charge in [-0.15, -0.1) is 0 Å². The molecule has 21 heavy (non-hydrogen) atoms. The summed E-state index contributed by atoms with van der Waals surface area (Å²) in [7, 11) is 0. The fourth-order valence-corrected chi connectivity index (χ4v) is 3.01. The van der Waals surface area contributed by atoms with Crippen LogP contribution in [0.3, 0.4) is 0 Å². The molecule has 2 heteroatoms. The summed E-state index contributed by atoms with van der Waals surface area (Å²) in [6.07, 6.45) is 2.16. The first-order valence-electron chi connectivity index (χ1n) is 7.30. The molecule has 0 amide bonds. The van der Waals surface area contributed by atoms with Crippen molar-refractivity contribution in [2.45, 2.75) is 33.1 Å². The monoisotopic (exact) mass is 278 g/mol. The molecule has 0 aliphatic heterocycles. The van der Waals surface area contributed by atoms with Crippen LogP contribution in [0.1, 0.15) is 45.1 Å². The van der Waals surface area contributed by atoms with Gasteiger partial charge in [-0.05, 0) is 49.4 Å². The van der Waals surface area contributed by atoms with Crippen molar-refractivity contribution in [3.63, 3.8) is 0 Å². The van der Waals surface area contributed by atoms with Crippen LogP contribution in [0.4, 0.5) is 0 Å². The Hall–Kier alpha value is -2.22. The highest BCUT2D eigenvalue weighted by Gasteiger charge is 2.21. The first-order valence-corrected chi connectivity index (χ1v) is 7.30. The van der Waals surface area contributed by atoms with Gasteiger partial charge in [0.15, 0.2) is 5.78 Å². The SMILES string of the molecule is CC(=O)Cc1ccc2c(c1)CCc1ccc(C)cc1C2=O. The third-order valence-electron chi connectivity index (χ3n) is 4.04. The number of ketones is 2. The molecule has 0 unspecified atom stereocenters. The smallest absolute Gasteiger partial charge is 0.193 e. The van der Waals surface area contributed by atoms with Crippen molar-refractivity contribution in [2.75, 3.05) is 0 Å². The summed E-state index contributed by atoms with van der Waals surface area (Å²) in [5.41, 5.74) is 5.90. The van der Waals surface area contributed by atoms with Crippen LogP contribution in [-0.4, -0.2) is 11.6 Å². The van der Waals surface area contributed by atoms with E-state index in [-0.39, 0.29) is 11.6 Å². The van der Waals surface area contributed by atoms with E-state index >= 15 is 0 Å². The second kappa shape index (κ2) is 5.28. The van der Waals surface area contributed by atoms with Crippen LogP contribution in [0.15, 0.2) is 36.4 Å². The van der Waals surface area contributed by atoms with Gasteiger partial charge in [-0.1, -0.05) is 35.9 Å². The predicted molar refractivity (Wildman–Crippen MR) is 82.8 cm³/mol. The molecule has 106 valence electrons. The van der Waals surface area contributed by atoms with E-state index < -0.39 is 0 Å². The molecule has 1 aliphatic rings. The summed E-state index contributed by atoms with van der Waals surface area (Å²) in [6.45, 7) is 3.60. The molecule has 0 N–H and O–H groups in total. The van der Waals surface area contributed by atoms with Gasteiger partial charge >= 0.3 is 0 Å². The fourth-order valence-electron chi connectivity index (χ4n) is 3.01. The lowest BCUT2D eigenvalue weighted by atomic mass is 9.95. The number of fused-ring (bicyclic) bond motifs is 2. The van der Waals surface area contributed by atoms with Crippen molar-refractivity contribution < 1.29 is 9.59 Å². The Bertz CT molecular complexity index is 741. The topological polar surface area (TPSA) is 34.1 Å². The number of benzene rings is 2. The summed E-state index contributed by atoms with van der Waals surface area (Å²) in [6, 6.07) is 11.9. The third kappa shape index (κ3) is 2.66. The third-order valence-corrected chi connectivity index (χ3v) is 4.04. The van der Waals surface area contributed by atoms with Gasteiger partial charge in [0.05, 0.1) is 0 Å². The minimum atomic E-state index is 0.107. The zero-order valence-corrected chi connectivity index (χ0v) is 12.4. The van der Waals surface area contributed by atoms with Crippen molar-refractivity contribution in [3.8, 4) is 0 Å². The Morgan fingerprint density at radius 3 is 2.52 bits per heavy atom. The maximum atomic E-state index is 12.7. The lowest BCUT2D eigenvalue weighted by molar-refractivity contribution is -0.116. The predicted octanol–water partition coefficient (Wildman–Crippen LogP) is 3.46. The van der Waals surface area contributed by atoms with Crippen molar-refractivity contribution in [1.29, 1.82) is 0 Å². The highest BCUT2D eigenvalue weighted by atomic mass is 16.1. The molecule has 2 aromatic rings. The van der Waals surface area contributed by atoms with Gasteiger partial charge in [-0.25, -0.2) is 0 Å². The van der Waals surface area contributed by atoms with Crippen LogP contribution in [0.25, 0.3) is 0 Å². The highest BCUT2D eigenvalue weighted by molar-refractivity contribution is 6.11. The number of carbonyl (C=O) groups is 2. The Labute approximate surface area is 124 Å². The highest BCUT2D eigenvalue weighted by Crippen LogP contribution is 2.26. The molecule has 3 rings (SSSR count). The van der Waals surface area contributed by atoms with Crippen molar-refractivity contribution in [3.05, 3.63) is 69.8 Å². The number of Topliss-reactive ketones (excluding diaryl/α,β-unsaturated/α-hetero) is 1. The number of hydrogen-bond donors (Lipinski definition) is 0. The van der Waals surface area contributed by atoms with Crippen LogP contribution in [-0.2, 0) is 24.1 Å². The second-order valence-corrected chi connectivity index (χ2v) is 5.86. The molecule has 0 fully saturated rings. The van der Waals surface area contributed by atoms with Gasteiger partial charge < -0.3 is 0 Å². The molecular weight excluding hydrogens is 260 g/mol. The molecule has 0 atom stereocenters. The molecule has 1 aliphatic carbocycles. The van der Waals surface area contributed by atoms with Crippen LogP contribution >= 0.6 is 0 Å². The van der Waals surface area contributed by atoms with E-state index in [4.69, 9.17) is 0 Å². The van der Waals surface area contributed by atoms with E-state index in [1.165, 1.54) is 0 Å². The summed E-state index contributed by atoms with van der Waals surface area (Å²) < 4.78 is 0. The molecule has 0 spiro atoms. The second-order valence-electron chi connectivity index (χ2n) is 5.86. The Kier molecular flexibility index (Phi) is 3.46. The normalized spacial score (nSPS) is 13.3. The van der Waals surface area contributed by atoms with Gasteiger partial charge in [0.2, 0.25) is 0 Å².